The average molecular weight is 285 g/mol. The highest BCUT2D eigenvalue weighted by molar-refractivity contribution is 5.39. The highest BCUT2D eigenvalue weighted by Crippen LogP contribution is 2.24. The lowest BCUT2D eigenvalue weighted by Gasteiger charge is -2.33. The Bertz CT molecular complexity index is 619. The molecule has 0 aliphatic carbocycles. The molecule has 0 aromatic carbocycles. The third kappa shape index (κ3) is 3.11. The molecule has 1 aliphatic heterocycles. The lowest BCUT2D eigenvalue weighted by Crippen LogP contribution is -2.39. The number of hydrogen-bond acceptors (Lipinski definition) is 6. The summed E-state index contributed by atoms with van der Waals surface area (Å²) in [6.45, 7) is 4.15. The Morgan fingerprint density at radius 1 is 1.29 bits per heavy atom. The van der Waals surface area contributed by atoms with Crippen LogP contribution in [0.3, 0.4) is 0 Å². The number of morpholine rings is 1. The van der Waals surface area contributed by atoms with Gasteiger partial charge < -0.3 is 15.0 Å². The van der Waals surface area contributed by atoms with Crippen LogP contribution in [0.4, 0.5) is 11.6 Å². The number of aromatic nitrogens is 3. The average Bonchev–Trinajstić information content (AvgIpc) is 2.55. The number of pyridine rings is 1. The molecule has 1 atom stereocenters. The molecule has 3 heterocycles. The first-order valence-corrected chi connectivity index (χ1v) is 7.07. The van der Waals surface area contributed by atoms with Crippen LogP contribution in [0.15, 0.2) is 30.5 Å². The minimum atomic E-state index is -0.0395. The van der Waals surface area contributed by atoms with Crippen molar-refractivity contribution < 1.29 is 4.74 Å². The molecule has 2 aromatic rings. The molecule has 1 saturated heterocycles. The van der Waals surface area contributed by atoms with Crippen LogP contribution in [-0.2, 0) is 4.74 Å². The van der Waals surface area contributed by atoms with Crippen molar-refractivity contribution in [2.24, 2.45) is 0 Å². The van der Waals surface area contributed by atoms with Gasteiger partial charge in [-0.1, -0.05) is 6.07 Å². The quantitative estimate of drug-likeness (QED) is 0.928. The van der Waals surface area contributed by atoms with E-state index in [1.165, 1.54) is 0 Å². The van der Waals surface area contributed by atoms with Crippen LogP contribution in [0.25, 0.3) is 0 Å². The number of aryl methyl sites for hydroxylation is 1. The summed E-state index contributed by atoms with van der Waals surface area (Å²) in [5.74, 6) is 2.58. The van der Waals surface area contributed by atoms with E-state index in [0.29, 0.717) is 6.61 Å². The predicted molar refractivity (Wildman–Crippen MR) is 81.5 cm³/mol. The van der Waals surface area contributed by atoms with E-state index in [9.17, 15) is 0 Å². The molecule has 1 fully saturated rings. The van der Waals surface area contributed by atoms with Gasteiger partial charge in [0.25, 0.3) is 0 Å². The standard InChI is InChI=1S/C15H19N5O/c1-11-17-7-6-15(18-11)20-8-9-21-13(10-20)12-4-3-5-14(16-2)19-12/h3-7,13H,8-10H2,1-2H3,(H,16,19)/t13-/m0/s1. The third-order valence-corrected chi connectivity index (χ3v) is 3.51. The number of hydrogen-bond donors (Lipinski definition) is 1. The molecule has 110 valence electrons. The van der Waals surface area contributed by atoms with Crippen LogP contribution < -0.4 is 10.2 Å². The van der Waals surface area contributed by atoms with Gasteiger partial charge in [0.05, 0.1) is 18.8 Å². The van der Waals surface area contributed by atoms with Crippen LogP contribution in [0.5, 0.6) is 0 Å². The Labute approximate surface area is 124 Å². The molecule has 0 spiro atoms. The molecule has 1 aliphatic rings. The van der Waals surface area contributed by atoms with Gasteiger partial charge in [-0.15, -0.1) is 0 Å². The monoisotopic (exact) mass is 285 g/mol. The van der Waals surface area contributed by atoms with Gasteiger partial charge in [0.1, 0.15) is 23.6 Å². The number of rotatable bonds is 3. The van der Waals surface area contributed by atoms with Crippen LogP contribution in [-0.4, -0.2) is 41.7 Å². The van der Waals surface area contributed by atoms with Crippen molar-refractivity contribution in [3.8, 4) is 0 Å². The second kappa shape index (κ2) is 6.05. The SMILES string of the molecule is CNc1cccc([C@@H]2CN(c3ccnc(C)n3)CCO2)n1. The first kappa shape index (κ1) is 13.8. The Kier molecular flexibility index (Phi) is 3.96. The number of nitrogens with one attached hydrogen (secondary N) is 1. The maximum atomic E-state index is 5.87. The zero-order valence-electron chi connectivity index (χ0n) is 12.3. The summed E-state index contributed by atoms with van der Waals surface area (Å²) in [5, 5.41) is 3.06. The second-order valence-corrected chi connectivity index (χ2v) is 4.97. The Morgan fingerprint density at radius 3 is 3.00 bits per heavy atom. The summed E-state index contributed by atoms with van der Waals surface area (Å²) in [4.78, 5) is 15.4. The minimum absolute atomic E-state index is 0.0395. The molecule has 0 saturated carbocycles. The van der Waals surface area contributed by atoms with E-state index in [0.717, 1.165) is 36.2 Å². The van der Waals surface area contributed by atoms with Crippen molar-refractivity contribution in [2.45, 2.75) is 13.0 Å². The summed E-state index contributed by atoms with van der Waals surface area (Å²) >= 11 is 0. The van der Waals surface area contributed by atoms with Crippen LogP contribution >= 0.6 is 0 Å². The van der Waals surface area contributed by atoms with Gasteiger partial charge in [-0.05, 0) is 25.1 Å². The molecule has 2 aromatic heterocycles. The molecular formula is C15H19N5O. The molecule has 6 heteroatoms. The fraction of sp³-hybridized carbons (Fsp3) is 0.400. The van der Waals surface area contributed by atoms with Crippen molar-refractivity contribution in [1.82, 2.24) is 15.0 Å². The summed E-state index contributed by atoms with van der Waals surface area (Å²) in [6.07, 6.45) is 1.75. The molecule has 0 bridgehead atoms. The Hall–Kier alpha value is -2.21. The summed E-state index contributed by atoms with van der Waals surface area (Å²) < 4.78 is 5.87. The van der Waals surface area contributed by atoms with Crippen LogP contribution in [0.1, 0.15) is 17.6 Å². The molecule has 21 heavy (non-hydrogen) atoms. The maximum absolute atomic E-state index is 5.87. The molecule has 1 N–H and O–H groups in total. The fourth-order valence-corrected chi connectivity index (χ4v) is 2.43. The summed E-state index contributed by atoms with van der Waals surface area (Å²) in [5.41, 5.74) is 0.942. The largest absolute Gasteiger partial charge is 0.373 e. The second-order valence-electron chi connectivity index (χ2n) is 4.97. The normalized spacial score (nSPS) is 18.6. The lowest BCUT2D eigenvalue weighted by atomic mass is 10.2. The summed E-state index contributed by atoms with van der Waals surface area (Å²) in [6, 6.07) is 7.87. The van der Waals surface area contributed by atoms with E-state index in [4.69, 9.17) is 4.74 Å². The van der Waals surface area contributed by atoms with Gasteiger partial charge in [-0.2, -0.15) is 0 Å². The van der Waals surface area contributed by atoms with Gasteiger partial charge in [-0.25, -0.2) is 15.0 Å². The van der Waals surface area contributed by atoms with E-state index in [-0.39, 0.29) is 6.10 Å². The maximum Gasteiger partial charge on any atom is 0.132 e. The molecule has 3 rings (SSSR count). The van der Waals surface area contributed by atoms with E-state index < -0.39 is 0 Å². The van der Waals surface area contributed by atoms with Gasteiger partial charge in [0.15, 0.2) is 0 Å². The zero-order chi connectivity index (χ0) is 14.7. The molecule has 0 unspecified atom stereocenters. The molecule has 6 nitrogen and oxygen atoms in total. The van der Waals surface area contributed by atoms with E-state index >= 15 is 0 Å². The predicted octanol–water partition coefficient (Wildman–Crippen LogP) is 1.80. The number of anilines is 2. The van der Waals surface area contributed by atoms with Gasteiger partial charge in [0.2, 0.25) is 0 Å². The Balaban J connectivity index is 1.79. The first-order chi connectivity index (χ1) is 10.3. The zero-order valence-corrected chi connectivity index (χ0v) is 12.3. The van der Waals surface area contributed by atoms with E-state index in [2.05, 4.69) is 25.2 Å². The lowest BCUT2D eigenvalue weighted by molar-refractivity contribution is 0.0368. The molecular weight excluding hydrogens is 266 g/mol. The fourth-order valence-electron chi connectivity index (χ4n) is 2.43. The van der Waals surface area contributed by atoms with Crippen LogP contribution in [0, 0.1) is 6.92 Å². The smallest absolute Gasteiger partial charge is 0.132 e. The van der Waals surface area contributed by atoms with E-state index in [1.807, 2.05) is 38.2 Å². The highest BCUT2D eigenvalue weighted by atomic mass is 16.5. The summed E-state index contributed by atoms with van der Waals surface area (Å²) in [7, 11) is 1.86. The van der Waals surface area contributed by atoms with Crippen molar-refractivity contribution in [1.29, 1.82) is 0 Å². The van der Waals surface area contributed by atoms with Crippen molar-refractivity contribution in [3.05, 3.63) is 42.0 Å². The highest BCUT2D eigenvalue weighted by Gasteiger charge is 2.24. The van der Waals surface area contributed by atoms with Crippen molar-refractivity contribution >= 4 is 11.6 Å². The van der Waals surface area contributed by atoms with E-state index in [1.54, 1.807) is 6.20 Å². The minimum Gasteiger partial charge on any atom is -0.373 e. The number of nitrogens with zero attached hydrogens (tertiary/aromatic N) is 4. The van der Waals surface area contributed by atoms with Crippen molar-refractivity contribution in [2.75, 3.05) is 37.0 Å². The van der Waals surface area contributed by atoms with Gasteiger partial charge in [0, 0.05) is 19.8 Å². The number of ether oxygens (including phenoxy) is 1. The molecule has 0 radical (unpaired) electrons. The topological polar surface area (TPSA) is 63.2 Å². The van der Waals surface area contributed by atoms with Gasteiger partial charge in [-0.3, -0.25) is 0 Å². The third-order valence-electron chi connectivity index (χ3n) is 3.51. The first-order valence-electron chi connectivity index (χ1n) is 7.07. The Morgan fingerprint density at radius 2 is 2.19 bits per heavy atom. The van der Waals surface area contributed by atoms with Gasteiger partial charge >= 0.3 is 0 Å². The molecule has 0 amide bonds. The van der Waals surface area contributed by atoms with Crippen LogP contribution in [0.2, 0.25) is 0 Å². The van der Waals surface area contributed by atoms with Crippen molar-refractivity contribution in [3.63, 3.8) is 0 Å².